The van der Waals surface area contributed by atoms with E-state index in [0.29, 0.717) is 11.4 Å². The van der Waals surface area contributed by atoms with E-state index in [4.69, 9.17) is 0 Å². The van der Waals surface area contributed by atoms with Crippen molar-refractivity contribution in [3.8, 4) is 0 Å². The minimum absolute atomic E-state index is 0.428. The van der Waals surface area contributed by atoms with Crippen molar-refractivity contribution in [2.45, 2.75) is 31.6 Å². The highest BCUT2D eigenvalue weighted by molar-refractivity contribution is 6.01. The molecule has 0 saturated carbocycles. The highest BCUT2D eigenvalue weighted by Crippen LogP contribution is 2.64. The molecule has 0 radical (unpaired) electrons. The third-order valence-electron chi connectivity index (χ3n) is 9.04. The molecular formula is C43H32F6N2. The SMILES string of the molecule is Cc1cccc(N(c2ccccc2)c2ccc(C3=C(c4ccc(N(c5ccccc5)c5cccc(C)c5)cc4)C(F)(F)C(F)(F)C3(F)F)cc2)c1. The van der Waals surface area contributed by atoms with Gasteiger partial charge in [0, 0.05) is 45.3 Å². The minimum Gasteiger partial charge on any atom is -0.310 e. The molecule has 2 nitrogen and oxygen atoms in total. The molecule has 6 aromatic rings. The van der Waals surface area contributed by atoms with E-state index in [-0.39, 0.29) is 0 Å². The summed E-state index contributed by atoms with van der Waals surface area (Å²) in [5.74, 6) is -16.0. The second-order valence-electron chi connectivity index (χ2n) is 12.6. The van der Waals surface area contributed by atoms with Gasteiger partial charge in [0.25, 0.3) is 0 Å². The second kappa shape index (κ2) is 12.8. The number of allylic oxidation sites excluding steroid dienone is 2. The quantitative estimate of drug-likeness (QED) is 0.147. The molecule has 0 fully saturated rings. The average molecular weight is 691 g/mol. The summed E-state index contributed by atoms with van der Waals surface area (Å²) in [5.41, 5.74) is 2.41. The number of aryl methyl sites for hydroxylation is 2. The lowest BCUT2D eigenvalue weighted by molar-refractivity contribution is -0.254. The molecule has 0 unspecified atom stereocenters. The van der Waals surface area contributed by atoms with Crippen LogP contribution in [-0.2, 0) is 0 Å². The fourth-order valence-electron chi connectivity index (χ4n) is 6.61. The number of anilines is 6. The Labute approximate surface area is 292 Å². The van der Waals surface area contributed by atoms with Crippen molar-refractivity contribution < 1.29 is 26.3 Å². The highest BCUT2D eigenvalue weighted by Gasteiger charge is 2.80. The molecule has 0 saturated heterocycles. The van der Waals surface area contributed by atoms with E-state index >= 15 is 26.3 Å². The van der Waals surface area contributed by atoms with Crippen molar-refractivity contribution in [3.05, 3.63) is 180 Å². The molecule has 0 heterocycles. The minimum atomic E-state index is -5.67. The summed E-state index contributed by atoms with van der Waals surface area (Å²) >= 11 is 0. The fourth-order valence-corrected chi connectivity index (χ4v) is 6.61. The smallest absolute Gasteiger partial charge is 0.310 e. The van der Waals surface area contributed by atoms with Gasteiger partial charge in [-0.05, 0) is 109 Å². The number of hydrogen-bond donors (Lipinski definition) is 0. The van der Waals surface area contributed by atoms with Crippen LogP contribution in [0.15, 0.2) is 158 Å². The van der Waals surface area contributed by atoms with Crippen LogP contribution in [0.2, 0.25) is 0 Å². The summed E-state index contributed by atoms with van der Waals surface area (Å²) in [7, 11) is 0. The van der Waals surface area contributed by atoms with Crippen LogP contribution in [0.1, 0.15) is 22.3 Å². The predicted octanol–water partition coefficient (Wildman–Crippen LogP) is 13.1. The molecule has 0 amide bonds. The van der Waals surface area contributed by atoms with Gasteiger partial charge in [0.1, 0.15) is 0 Å². The topological polar surface area (TPSA) is 6.48 Å². The second-order valence-corrected chi connectivity index (χ2v) is 12.6. The fraction of sp³-hybridized carbons (Fsp3) is 0.116. The monoisotopic (exact) mass is 690 g/mol. The van der Waals surface area contributed by atoms with Crippen molar-refractivity contribution in [2.75, 3.05) is 9.80 Å². The average Bonchev–Trinajstić information content (AvgIpc) is 3.23. The Morgan fingerprint density at radius 3 is 1.00 bits per heavy atom. The zero-order chi connectivity index (χ0) is 36.0. The number of benzene rings is 6. The summed E-state index contributed by atoms with van der Waals surface area (Å²) < 4.78 is 93.3. The maximum absolute atomic E-state index is 15.7. The summed E-state index contributed by atoms with van der Waals surface area (Å²) in [6, 6.07) is 44.5. The van der Waals surface area contributed by atoms with Gasteiger partial charge in [-0.15, -0.1) is 0 Å². The predicted molar refractivity (Wildman–Crippen MR) is 193 cm³/mol. The Bertz CT molecular complexity index is 2040. The first-order valence-electron chi connectivity index (χ1n) is 16.3. The Morgan fingerprint density at radius 2 is 0.667 bits per heavy atom. The van der Waals surface area contributed by atoms with Crippen LogP contribution in [0.25, 0.3) is 11.1 Å². The van der Waals surface area contributed by atoms with E-state index in [9.17, 15) is 0 Å². The zero-order valence-corrected chi connectivity index (χ0v) is 27.7. The maximum atomic E-state index is 15.7. The first-order valence-corrected chi connectivity index (χ1v) is 16.3. The largest absolute Gasteiger partial charge is 0.380 e. The number of hydrogen-bond acceptors (Lipinski definition) is 2. The Morgan fingerprint density at radius 1 is 0.353 bits per heavy atom. The van der Waals surface area contributed by atoms with E-state index < -0.39 is 40.0 Å². The first kappa shape index (κ1) is 33.7. The third kappa shape index (κ3) is 5.84. The zero-order valence-electron chi connectivity index (χ0n) is 27.7. The lowest BCUT2D eigenvalue weighted by atomic mass is 9.94. The molecule has 0 spiro atoms. The molecule has 1 aliphatic carbocycles. The Kier molecular flexibility index (Phi) is 8.50. The van der Waals surface area contributed by atoms with Gasteiger partial charge in [0.05, 0.1) is 0 Å². The van der Waals surface area contributed by atoms with E-state index in [1.165, 1.54) is 48.5 Å². The normalized spacial score (nSPS) is 15.8. The van der Waals surface area contributed by atoms with Crippen LogP contribution in [0.3, 0.4) is 0 Å². The molecule has 0 bridgehead atoms. The van der Waals surface area contributed by atoms with Crippen molar-refractivity contribution in [3.63, 3.8) is 0 Å². The van der Waals surface area contributed by atoms with Gasteiger partial charge in [-0.1, -0.05) is 84.9 Å². The highest BCUT2D eigenvalue weighted by atomic mass is 19.3. The lowest BCUT2D eigenvalue weighted by Gasteiger charge is -2.27. The summed E-state index contributed by atoms with van der Waals surface area (Å²) in [5, 5.41) is 0. The van der Waals surface area contributed by atoms with Gasteiger partial charge in [-0.3, -0.25) is 0 Å². The van der Waals surface area contributed by atoms with Crippen LogP contribution < -0.4 is 9.80 Å². The first-order chi connectivity index (χ1) is 24.4. The van der Waals surface area contributed by atoms with Crippen molar-refractivity contribution in [1.29, 1.82) is 0 Å². The Balaban J connectivity index is 1.34. The van der Waals surface area contributed by atoms with Gasteiger partial charge in [-0.2, -0.15) is 26.3 Å². The van der Waals surface area contributed by atoms with E-state index in [1.807, 2.05) is 133 Å². The van der Waals surface area contributed by atoms with Crippen LogP contribution >= 0.6 is 0 Å². The van der Waals surface area contributed by atoms with Gasteiger partial charge >= 0.3 is 17.8 Å². The van der Waals surface area contributed by atoms with Gasteiger partial charge in [0.15, 0.2) is 0 Å². The molecule has 0 atom stereocenters. The Hall–Kier alpha value is -5.76. The van der Waals surface area contributed by atoms with E-state index in [1.54, 1.807) is 0 Å². The molecule has 51 heavy (non-hydrogen) atoms. The van der Waals surface area contributed by atoms with E-state index in [2.05, 4.69) is 0 Å². The summed E-state index contributed by atoms with van der Waals surface area (Å²) in [6.07, 6.45) is 0. The number of nitrogens with zero attached hydrogens (tertiary/aromatic N) is 2. The molecule has 1 aliphatic rings. The van der Waals surface area contributed by atoms with Crippen molar-refractivity contribution in [2.24, 2.45) is 0 Å². The summed E-state index contributed by atoms with van der Waals surface area (Å²) in [6.45, 7) is 3.86. The molecule has 8 heteroatoms. The number of rotatable bonds is 8. The molecule has 0 aliphatic heterocycles. The van der Waals surface area contributed by atoms with Crippen LogP contribution in [0, 0.1) is 13.8 Å². The molecule has 256 valence electrons. The van der Waals surface area contributed by atoms with Gasteiger partial charge in [-0.25, -0.2) is 0 Å². The standard InChI is InChI=1S/C43H32F6N2/c1-29-11-9-17-37(27-29)50(33-13-5-3-6-14-33)35-23-19-31(20-24-35)39-40(42(46,47)43(48,49)41(39,44)45)32-21-25-36(26-22-32)51(34-15-7-4-8-16-34)38-18-10-12-30(2)28-38/h3-28H,1-2H3. The van der Waals surface area contributed by atoms with Crippen molar-refractivity contribution in [1.82, 2.24) is 0 Å². The van der Waals surface area contributed by atoms with Gasteiger partial charge < -0.3 is 9.80 Å². The van der Waals surface area contributed by atoms with Crippen LogP contribution in [-0.4, -0.2) is 17.8 Å². The maximum Gasteiger partial charge on any atom is 0.380 e. The van der Waals surface area contributed by atoms with E-state index in [0.717, 1.165) is 33.9 Å². The summed E-state index contributed by atoms with van der Waals surface area (Å²) in [4.78, 5) is 3.74. The van der Waals surface area contributed by atoms with Crippen molar-refractivity contribution >= 4 is 45.3 Å². The molecule has 0 aromatic heterocycles. The third-order valence-corrected chi connectivity index (χ3v) is 9.04. The number of para-hydroxylation sites is 2. The lowest BCUT2D eigenvalue weighted by Crippen LogP contribution is -2.48. The number of halogens is 6. The molecule has 6 aromatic carbocycles. The molecule has 0 N–H and O–H groups in total. The van der Waals surface area contributed by atoms with Gasteiger partial charge in [0.2, 0.25) is 0 Å². The number of alkyl halides is 6. The molecular weight excluding hydrogens is 658 g/mol. The van der Waals surface area contributed by atoms with Crippen LogP contribution in [0.4, 0.5) is 60.5 Å². The molecule has 7 rings (SSSR count). The van der Waals surface area contributed by atoms with Crippen LogP contribution in [0.5, 0.6) is 0 Å².